The quantitative estimate of drug-likeness (QED) is 0.837. The average Bonchev–Trinajstić information content (AvgIpc) is 2.90. The van der Waals surface area contributed by atoms with E-state index in [4.69, 9.17) is 4.99 Å². The van der Waals surface area contributed by atoms with Crippen LogP contribution in [0.2, 0.25) is 0 Å². The van der Waals surface area contributed by atoms with E-state index < -0.39 is 0 Å². The zero-order valence-corrected chi connectivity index (χ0v) is 15.4. The topological polar surface area (TPSA) is 18.8 Å². The van der Waals surface area contributed by atoms with E-state index in [1.54, 1.807) is 0 Å². The molecule has 1 aromatic rings. The van der Waals surface area contributed by atoms with Crippen LogP contribution in [0.3, 0.4) is 0 Å². The number of thioether (sulfide) groups is 1. The lowest BCUT2D eigenvalue weighted by molar-refractivity contribution is 0.111. The van der Waals surface area contributed by atoms with Crippen molar-refractivity contribution in [2.75, 3.05) is 33.2 Å². The monoisotopic (exact) mass is 329 g/mol. The van der Waals surface area contributed by atoms with Crippen molar-refractivity contribution in [1.82, 2.24) is 9.80 Å². The first-order valence-corrected chi connectivity index (χ1v) is 9.29. The van der Waals surface area contributed by atoms with Gasteiger partial charge >= 0.3 is 0 Å². The summed E-state index contributed by atoms with van der Waals surface area (Å²) in [6.07, 6.45) is 2.41. The average molecular weight is 330 g/mol. The van der Waals surface area contributed by atoms with Gasteiger partial charge in [0.1, 0.15) is 0 Å². The Hall–Kier alpha value is -1.10. The van der Waals surface area contributed by atoms with Crippen LogP contribution in [0.5, 0.6) is 0 Å². The van der Waals surface area contributed by atoms with Gasteiger partial charge in [0, 0.05) is 38.1 Å². The fourth-order valence-electron chi connectivity index (χ4n) is 3.30. The SMILES string of the molecule is CC1=CC(C(C)N2CCN(C)CC2)/C(=N\c2ccccc2C)S1. The van der Waals surface area contributed by atoms with Crippen LogP contribution in [0.4, 0.5) is 5.69 Å². The third-order valence-corrected chi connectivity index (χ3v) is 5.98. The predicted octanol–water partition coefficient (Wildman–Crippen LogP) is 3.93. The van der Waals surface area contributed by atoms with E-state index in [9.17, 15) is 0 Å². The summed E-state index contributed by atoms with van der Waals surface area (Å²) in [6, 6.07) is 8.92. The van der Waals surface area contributed by atoms with Crippen molar-refractivity contribution in [2.45, 2.75) is 26.8 Å². The highest BCUT2D eigenvalue weighted by Crippen LogP contribution is 2.37. The number of aryl methyl sites for hydroxylation is 1. The van der Waals surface area contributed by atoms with E-state index in [1.165, 1.54) is 15.5 Å². The Labute approximate surface area is 144 Å². The van der Waals surface area contributed by atoms with Crippen LogP contribution in [0.1, 0.15) is 19.4 Å². The van der Waals surface area contributed by atoms with Crippen LogP contribution < -0.4 is 0 Å². The number of hydrogen-bond donors (Lipinski definition) is 0. The van der Waals surface area contributed by atoms with Gasteiger partial charge in [-0.2, -0.15) is 0 Å². The van der Waals surface area contributed by atoms with Crippen LogP contribution in [0.25, 0.3) is 0 Å². The molecule has 0 saturated carbocycles. The Balaban J connectivity index is 1.80. The Morgan fingerprint density at radius 1 is 1.13 bits per heavy atom. The molecule has 3 rings (SSSR count). The molecule has 1 fully saturated rings. The van der Waals surface area contributed by atoms with Gasteiger partial charge in [0.25, 0.3) is 0 Å². The maximum absolute atomic E-state index is 5.01. The Kier molecular flexibility index (Phi) is 5.24. The minimum atomic E-state index is 0.419. The molecular formula is C19H27N3S. The number of likely N-dealkylation sites (N-methyl/N-ethyl adjacent to an activating group) is 1. The van der Waals surface area contributed by atoms with Crippen molar-refractivity contribution in [2.24, 2.45) is 10.9 Å². The first kappa shape index (κ1) is 16.7. The molecule has 0 bridgehead atoms. The molecule has 2 heterocycles. The van der Waals surface area contributed by atoms with Gasteiger partial charge in [0.05, 0.1) is 10.7 Å². The van der Waals surface area contributed by atoms with E-state index in [2.05, 4.69) is 68.0 Å². The highest BCUT2D eigenvalue weighted by atomic mass is 32.2. The molecule has 2 aliphatic rings. The second-order valence-electron chi connectivity index (χ2n) is 6.72. The number of nitrogens with zero attached hydrogens (tertiary/aromatic N) is 3. The molecule has 2 atom stereocenters. The number of aliphatic imine (C=N–C) groups is 1. The van der Waals surface area contributed by atoms with Crippen LogP contribution in [-0.2, 0) is 0 Å². The molecular weight excluding hydrogens is 302 g/mol. The van der Waals surface area contributed by atoms with Crippen molar-refractivity contribution in [3.8, 4) is 0 Å². The summed E-state index contributed by atoms with van der Waals surface area (Å²) in [5.74, 6) is 0.419. The summed E-state index contributed by atoms with van der Waals surface area (Å²) >= 11 is 1.84. The Morgan fingerprint density at radius 3 is 2.52 bits per heavy atom. The standard InChI is InChI=1S/C19H27N3S/c1-14-7-5-6-8-18(14)20-19-17(13-15(2)23-19)16(3)22-11-9-21(4)10-12-22/h5-8,13,16-17H,9-12H2,1-4H3/b20-19+. The van der Waals surface area contributed by atoms with E-state index in [0.29, 0.717) is 12.0 Å². The summed E-state index contributed by atoms with van der Waals surface area (Å²) in [4.78, 5) is 11.4. The number of piperazine rings is 1. The molecule has 4 heteroatoms. The van der Waals surface area contributed by atoms with Crippen molar-refractivity contribution >= 4 is 22.5 Å². The summed E-state index contributed by atoms with van der Waals surface area (Å²) < 4.78 is 0. The minimum absolute atomic E-state index is 0.419. The second-order valence-corrected chi connectivity index (χ2v) is 7.99. The number of para-hydroxylation sites is 1. The van der Waals surface area contributed by atoms with E-state index >= 15 is 0 Å². The summed E-state index contributed by atoms with van der Waals surface area (Å²) in [7, 11) is 2.21. The number of rotatable bonds is 3. The molecule has 0 N–H and O–H groups in total. The largest absolute Gasteiger partial charge is 0.304 e. The number of allylic oxidation sites excluding steroid dienone is 1. The van der Waals surface area contributed by atoms with Crippen LogP contribution in [-0.4, -0.2) is 54.1 Å². The van der Waals surface area contributed by atoms with Crippen molar-refractivity contribution in [3.05, 3.63) is 40.8 Å². The molecule has 0 aromatic heterocycles. The first-order valence-electron chi connectivity index (χ1n) is 8.47. The minimum Gasteiger partial charge on any atom is -0.304 e. The molecule has 0 radical (unpaired) electrons. The van der Waals surface area contributed by atoms with E-state index in [1.807, 2.05) is 11.8 Å². The lowest BCUT2D eigenvalue weighted by atomic mass is 9.99. The summed E-state index contributed by atoms with van der Waals surface area (Å²) in [5.41, 5.74) is 2.35. The number of benzene rings is 1. The van der Waals surface area contributed by atoms with Crippen molar-refractivity contribution < 1.29 is 0 Å². The highest BCUT2D eigenvalue weighted by molar-refractivity contribution is 8.17. The van der Waals surface area contributed by atoms with Gasteiger partial charge < -0.3 is 4.90 Å². The highest BCUT2D eigenvalue weighted by Gasteiger charge is 2.32. The Morgan fingerprint density at radius 2 is 1.83 bits per heavy atom. The molecule has 2 aliphatic heterocycles. The molecule has 23 heavy (non-hydrogen) atoms. The van der Waals surface area contributed by atoms with Gasteiger partial charge in [-0.3, -0.25) is 4.90 Å². The molecule has 0 spiro atoms. The lowest BCUT2D eigenvalue weighted by Crippen LogP contribution is -2.50. The summed E-state index contributed by atoms with van der Waals surface area (Å²) in [6.45, 7) is 11.3. The van der Waals surface area contributed by atoms with Gasteiger partial charge in [-0.05, 0) is 44.4 Å². The molecule has 1 saturated heterocycles. The smallest absolute Gasteiger partial charge is 0.0867 e. The van der Waals surface area contributed by atoms with Crippen molar-refractivity contribution in [1.29, 1.82) is 0 Å². The van der Waals surface area contributed by atoms with Crippen LogP contribution in [0, 0.1) is 12.8 Å². The zero-order chi connectivity index (χ0) is 16.4. The fraction of sp³-hybridized carbons (Fsp3) is 0.526. The third-order valence-electron chi connectivity index (χ3n) is 4.94. The lowest BCUT2D eigenvalue weighted by Gasteiger charge is -2.38. The molecule has 0 aliphatic carbocycles. The molecule has 3 nitrogen and oxygen atoms in total. The molecule has 124 valence electrons. The normalized spacial score (nSPS) is 26.5. The first-order chi connectivity index (χ1) is 11.0. The van der Waals surface area contributed by atoms with Gasteiger partial charge in [-0.15, -0.1) is 0 Å². The molecule has 1 aromatic carbocycles. The second kappa shape index (κ2) is 7.20. The summed E-state index contributed by atoms with van der Waals surface area (Å²) in [5, 5.41) is 1.25. The van der Waals surface area contributed by atoms with Gasteiger partial charge in [-0.25, -0.2) is 4.99 Å². The maximum Gasteiger partial charge on any atom is 0.0867 e. The van der Waals surface area contributed by atoms with Crippen molar-refractivity contribution in [3.63, 3.8) is 0 Å². The van der Waals surface area contributed by atoms with E-state index in [-0.39, 0.29) is 0 Å². The maximum atomic E-state index is 5.01. The predicted molar refractivity (Wildman–Crippen MR) is 102 cm³/mol. The van der Waals surface area contributed by atoms with Gasteiger partial charge in [-0.1, -0.05) is 36.0 Å². The third kappa shape index (κ3) is 3.87. The zero-order valence-electron chi connectivity index (χ0n) is 14.6. The Bertz CT molecular complexity index is 615. The van der Waals surface area contributed by atoms with Gasteiger partial charge in [0.2, 0.25) is 0 Å². The fourth-order valence-corrected chi connectivity index (χ4v) is 4.39. The molecule has 0 amide bonds. The van der Waals surface area contributed by atoms with Crippen LogP contribution >= 0.6 is 11.8 Å². The molecule has 2 unspecified atom stereocenters. The van der Waals surface area contributed by atoms with Crippen LogP contribution in [0.15, 0.2) is 40.2 Å². The number of hydrogen-bond acceptors (Lipinski definition) is 4. The van der Waals surface area contributed by atoms with Gasteiger partial charge in [0.15, 0.2) is 0 Å². The van der Waals surface area contributed by atoms with E-state index in [0.717, 1.165) is 31.9 Å².